The number of carbonyl (C=O) groups excluding carboxylic acids is 1. The third-order valence-corrected chi connectivity index (χ3v) is 5.00. The first-order valence-corrected chi connectivity index (χ1v) is 10.3. The van der Waals surface area contributed by atoms with Gasteiger partial charge in [0.25, 0.3) is 5.91 Å². The molecular weight excluding hydrogens is 372 g/mol. The number of fused-ring (bicyclic) bond motifs is 1. The highest BCUT2D eigenvalue weighted by molar-refractivity contribution is 7.99. The summed E-state index contributed by atoms with van der Waals surface area (Å²) in [6.07, 6.45) is 2.59. The van der Waals surface area contributed by atoms with E-state index in [-0.39, 0.29) is 11.7 Å². The Morgan fingerprint density at radius 3 is 2.75 bits per heavy atom. The van der Waals surface area contributed by atoms with E-state index in [4.69, 9.17) is 4.74 Å². The molecule has 6 nitrogen and oxygen atoms in total. The highest BCUT2D eigenvalue weighted by atomic mass is 32.2. The molecule has 0 aliphatic carbocycles. The third kappa shape index (κ3) is 5.13. The number of imidazole rings is 1. The molecule has 1 heterocycles. The van der Waals surface area contributed by atoms with Crippen LogP contribution in [-0.4, -0.2) is 34.0 Å². The maximum atomic E-state index is 12.1. The average molecular weight is 397 g/mol. The molecule has 0 radical (unpaired) electrons. The van der Waals surface area contributed by atoms with Gasteiger partial charge in [0.05, 0.1) is 29.6 Å². The Hall–Kier alpha value is -2.80. The van der Waals surface area contributed by atoms with E-state index >= 15 is 0 Å². The summed E-state index contributed by atoms with van der Waals surface area (Å²) in [6, 6.07) is 15.6. The summed E-state index contributed by atoms with van der Waals surface area (Å²) in [4.78, 5) is 16.7. The molecule has 146 valence electrons. The molecule has 0 fully saturated rings. The minimum atomic E-state index is -0.168. The summed E-state index contributed by atoms with van der Waals surface area (Å²) >= 11 is 1.41. The second-order valence-electron chi connectivity index (χ2n) is 6.13. The summed E-state index contributed by atoms with van der Waals surface area (Å²) in [5, 5.41) is 4.86. The number of benzene rings is 2. The molecule has 0 spiro atoms. The Balaban J connectivity index is 1.51. The van der Waals surface area contributed by atoms with E-state index < -0.39 is 0 Å². The molecule has 2 aromatic carbocycles. The maximum Gasteiger partial charge on any atom is 0.250 e. The number of hydrogen-bond donors (Lipinski definition) is 1. The highest BCUT2D eigenvalue weighted by Gasteiger charge is 2.11. The van der Waals surface area contributed by atoms with E-state index in [0.717, 1.165) is 40.5 Å². The van der Waals surface area contributed by atoms with Gasteiger partial charge in [0.2, 0.25) is 0 Å². The van der Waals surface area contributed by atoms with Crippen LogP contribution >= 0.6 is 11.8 Å². The van der Waals surface area contributed by atoms with E-state index in [1.54, 1.807) is 6.21 Å². The van der Waals surface area contributed by atoms with Gasteiger partial charge in [0.15, 0.2) is 5.16 Å². The molecular formula is C21H24N4O2S. The molecule has 7 heteroatoms. The lowest BCUT2D eigenvalue weighted by Crippen LogP contribution is -2.20. The Labute approximate surface area is 169 Å². The number of amides is 1. The zero-order valence-electron chi connectivity index (χ0n) is 16.1. The number of hydrazone groups is 1. The van der Waals surface area contributed by atoms with Crippen molar-refractivity contribution in [3.8, 4) is 5.75 Å². The molecule has 0 saturated heterocycles. The highest BCUT2D eigenvalue weighted by Crippen LogP contribution is 2.23. The van der Waals surface area contributed by atoms with Gasteiger partial charge in [-0.15, -0.1) is 0 Å². The van der Waals surface area contributed by atoms with Crippen molar-refractivity contribution in [2.75, 3.05) is 12.4 Å². The summed E-state index contributed by atoms with van der Waals surface area (Å²) < 4.78 is 7.65. The largest absolute Gasteiger partial charge is 0.494 e. The van der Waals surface area contributed by atoms with E-state index in [1.165, 1.54) is 11.8 Å². The zero-order valence-corrected chi connectivity index (χ0v) is 16.9. The van der Waals surface area contributed by atoms with Gasteiger partial charge in [-0.1, -0.05) is 30.8 Å². The van der Waals surface area contributed by atoms with Crippen LogP contribution in [0.2, 0.25) is 0 Å². The van der Waals surface area contributed by atoms with Crippen molar-refractivity contribution in [3.05, 3.63) is 54.1 Å². The molecule has 3 aromatic rings. The number of para-hydroxylation sites is 2. The van der Waals surface area contributed by atoms with Crippen molar-refractivity contribution in [2.45, 2.75) is 32.0 Å². The van der Waals surface area contributed by atoms with Crippen LogP contribution in [0, 0.1) is 0 Å². The van der Waals surface area contributed by atoms with Crippen molar-refractivity contribution in [1.82, 2.24) is 15.0 Å². The van der Waals surface area contributed by atoms with Crippen LogP contribution in [0.4, 0.5) is 0 Å². The van der Waals surface area contributed by atoms with Gasteiger partial charge < -0.3 is 9.30 Å². The van der Waals surface area contributed by atoms with Crippen LogP contribution in [0.15, 0.2) is 58.8 Å². The number of hydrogen-bond acceptors (Lipinski definition) is 5. The average Bonchev–Trinajstić information content (AvgIpc) is 3.09. The summed E-state index contributed by atoms with van der Waals surface area (Å²) in [5.74, 6) is 0.918. The third-order valence-electron chi connectivity index (χ3n) is 4.02. The summed E-state index contributed by atoms with van der Waals surface area (Å²) in [5.41, 5.74) is 5.48. The number of thioether (sulfide) groups is 1. The summed E-state index contributed by atoms with van der Waals surface area (Å²) in [7, 11) is 0. The molecule has 0 saturated carbocycles. The fraction of sp³-hybridized carbons (Fsp3) is 0.286. The fourth-order valence-electron chi connectivity index (χ4n) is 2.68. The van der Waals surface area contributed by atoms with Gasteiger partial charge in [-0.3, -0.25) is 4.79 Å². The standard InChI is InChI=1S/C21H24N4O2S/c1-3-13-27-17-11-9-16(10-12-17)14-22-24-20(26)15-28-21-23-18-7-5-6-8-19(18)25(21)4-2/h5-12,14H,3-4,13,15H2,1-2H3,(H,24,26)/b22-14+. The second-order valence-corrected chi connectivity index (χ2v) is 7.07. The van der Waals surface area contributed by atoms with Gasteiger partial charge in [-0.05, 0) is 55.3 Å². The number of nitrogens with zero attached hydrogens (tertiary/aromatic N) is 3. The lowest BCUT2D eigenvalue weighted by atomic mass is 10.2. The number of ether oxygens (including phenoxy) is 1. The maximum absolute atomic E-state index is 12.1. The lowest BCUT2D eigenvalue weighted by molar-refractivity contribution is -0.118. The topological polar surface area (TPSA) is 68.5 Å². The van der Waals surface area contributed by atoms with Crippen LogP contribution in [0.25, 0.3) is 11.0 Å². The monoisotopic (exact) mass is 396 g/mol. The minimum absolute atomic E-state index is 0.168. The first kappa shape index (κ1) is 19.9. The molecule has 28 heavy (non-hydrogen) atoms. The van der Waals surface area contributed by atoms with Gasteiger partial charge in [-0.25, -0.2) is 10.4 Å². The van der Waals surface area contributed by atoms with Crippen LogP contribution < -0.4 is 10.2 Å². The Morgan fingerprint density at radius 2 is 2.00 bits per heavy atom. The first-order valence-electron chi connectivity index (χ1n) is 9.34. The Bertz CT molecular complexity index is 951. The van der Waals surface area contributed by atoms with Crippen LogP contribution in [0.1, 0.15) is 25.8 Å². The molecule has 0 aliphatic rings. The minimum Gasteiger partial charge on any atom is -0.494 e. The van der Waals surface area contributed by atoms with E-state index in [0.29, 0.717) is 6.61 Å². The van der Waals surface area contributed by atoms with Crippen molar-refractivity contribution in [2.24, 2.45) is 5.10 Å². The molecule has 0 aliphatic heterocycles. The number of rotatable bonds is 9. The fourth-order valence-corrected chi connectivity index (χ4v) is 3.55. The predicted octanol–water partition coefficient (Wildman–Crippen LogP) is 4.09. The SMILES string of the molecule is CCCOc1ccc(/C=N/NC(=O)CSc2nc3ccccc3n2CC)cc1. The van der Waals surface area contributed by atoms with E-state index in [9.17, 15) is 4.79 Å². The molecule has 1 N–H and O–H groups in total. The smallest absolute Gasteiger partial charge is 0.250 e. The van der Waals surface area contributed by atoms with Gasteiger partial charge in [0, 0.05) is 6.54 Å². The van der Waals surface area contributed by atoms with Gasteiger partial charge in [0.1, 0.15) is 5.75 Å². The lowest BCUT2D eigenvalue weighted by Gasteiger charge is -2.05. The van der Waals surface area contributed by atoms with Gasteiger partial charge in [-0.2, -0.15) is 5.10 Å². The molecule has 0 atom stereocenters. The van der Waals surface area contributed by atoms with Crippen LogP contribution in [0.3, 0.4) is 0 Å². The normalized spacial score (nSPS) is 11.2. The van der Waals surface area contributed by atoms with Crippen molar-refractivity contribution < 1.29 is 9.53 Å². The van der Waals surface area contributed by atoms with Crippen molar-refractivity contribution >= 4 is 34.9 Å². The number of aromatic nitrogens is 2. The second kappa shape index (κ2) is 9.94. The number of aryl methyl sites for hydroxylation is 1. The van der Waals surface area contributed by atoms with Crippen molar-refractivity contribution in [1.29, 1.82) is 0 Å². The quantitative estimate of drug-likeness (QED) is 0.336. The predicted molar refractivity (Wildman–Crippen MR) is 114 cm³/mol. The Morgan fingerprint density at radius 1 is 1.21 bits per heavy atom. The van der Waals surface area contributed by atoms with E-state index in [1.807, 2.05) is 48.5 Å². The first-order chi connectivity index (χ1) is 13.7. The number of carbonyl (C=O) groups is 1. The molecule has 1 amide bonds. The van der Waals surface area contributed by atoms with Crippen molar-refractivity contribution in [3.63, 3.8) is 0 Å². The molecule has 0 unspecified atom stereocenters. The van der Waals surface area contributed by atoms with E-state index in [2.05, 4.69) is 33.9 Å². The molecule has 1 aromatic heterocycles. The zero-order chi connectivity index (χ0) is 19.8. The number of nitrogens with one attached hydrogen (secondary N) is 1. The summed E-state index contributed by atoms with van der Waals surface area (Å²) in [6.45, 7) is 5.65. The van der Waals surface area contributed by atoms with Gasteiger partial charge >= 0.3 is 0 Å². The van der Waals surface area contributed by atoms with Crippen LogP contribution in [0.5, 0.6) is 5.75 Å². The molecule has 0 bridgehead atoms. The van der Waals surface area contributed by atoms with Crippen LogP contribution in [-0.2, 0) is 11.3 Å². The molecule has 3 rings (SSSR count). The Kier molecular flexibility index (Phi) is 7.08.